The molecule has 1 saturated carbocycles. The second-order valence-electron chi connectivity index (χ2n) is 11.5. The summed E-state index contributed by atoms with van der Waals surface area (Å²) in [5.74, 6) is 0.510. The quantitative estimate of drug-likeness (QED) is 0.199. The van der Waals surface area contributed by atoms with Crippen molar-refractivity contribution in [2.24, 2.45) is 0 Å². The Labute approximate surface area is 275 Å². The lowest BCUT2D eigenvalue weighted by atomic mass is 9.93. The minimum atomic E-state index is -0.664. The zero-order chi connectivity index (χ0) is 30.2. The number of halogens is 4. The van der Waals surface area contributed by atoms with Crippen molar-refractivity contribution in [2.45, 2.75) is 82.6 Å². The molecule has 2 aliphatic heterocycles. The van der Waals surface area contributed by atoms with Crippen LogP contribution in [0, 0.1) is 0 Å². The van der Waals surface area contributed by atoms with E-state index < -0.39 is 6.10 Å². The summed E-state index contributed by atoms with van der Waals surface area (Å²) in [7, 11) is 0. The van der Waals surface area contributed by atoms with Crippen LogP contribution in [0.4, 0.5) is 0 Å². The summed E-state index contributed by atoms with van der Waals surface area (Å²) in [5.41, 5.74) is 3.51. The molecule has 3 atom stereocenters. The van der Waals surface area contributed by atoms with Crippen LogP contribution in [0.2, 0.25) is 20.1 Å². The van der Waals surface area contributed by atoms with Crippen molar-refractivity contribution in [2.75, 3.05) is 6.61 Å². The summed E-state index contributed by atoms with van der Waals surface area (Å²) in [5, 5.41) is 16.3. The number of carbonyl (C=O) groups is 1. The number of aromatic nitrogens is 1. The highest BCUT2D eigenvalue weighted by Crippen LogP contribution is 2.42. The fourth-order valence-corrected chi connectivity index (χ4v) is 7.99. The van der Waals surface area contributed by atoms with Crippen LogP contribution in [0.25, 0.3) is 5.57 Å². The van der Waals surface area contributed by atoms with E-state index >= 15 is 0 Å². The van der Waals surface area contributed by atoms with Gasteiger partial charge in [-0.3, -0.25) is 4.79 Å². The number of aliphatic hydroxyl groups is 1. The van der Waals surface area contributed by atoms with Crippen molar-refractivity contribution in [3.8, 4) is 5.75 Å². The molecule has 0 spiro atoms. The number of fused-ring (bicyclic) bond motifs is 2. The monoisotopic (exact) mass is 679 g/mol. The average molecular weight is 682 g/mol. The molecule has 228 valence electrons. The molecule has 43 heavy (non-hydrogen) atoms. The number of benzene rings is 2. The van der Waals surface area contributed by atoms with Crippen molar-refractivity contribution >= 4 is 69.2 Å². The Hall–Kier alpha value is -1.84. The van der Waals surface area contributed by atoms with E-state index in [0.29, 0.717) is 50.6 Å². The highest BCUT2D eigenvalue weighted by Gasteiger charge is 2.42. The molecule has 0 unspecified atom stereocenters. The number of ether oxygens (including phenoxy) is 1. The topological polar surface area (TPSA) is 74.7 Å². The number of aliphatic hydroxyl groups excluding tert-OH is 1. The summed E-state index contributed by atoms with van der Waals surface area (Å²) in [6.07, 6.45) is 7.55. The number of thiazole rings is 1. The first kappa shape index (κ1) is 31.2. The van der Waals surface area contributed by atoms with Gasteiger partial charge in [0.2, 0.25) is 0 Å². The van der Waals surface area contributed by atoms with E-state index in [-0.39, 0.29) is 18.0 Å². The maximum atomic E-state index is 14.3. The third kappa shape index (κ3) is 6.89. The van der Waals surface area contributed by atoms with E-state index in [1.54, 1.807) is 36.5 Å². The molecule has 11 heteroatoms. The van der Waals surface area contributed by atoms with Crippen molar-refractivity contribution in [3.05, 3.63) is 83.2 Å². The smallest absolute Gasteiger partial charge is 0.252 e. The van der Waals surface area contributed by atoms with Gasteiger partial charge in [0.15, 0.2) is 5.75 Å². The van der Waals surface area contributed by atoms with E-state index in [2.05, 4.69) is 5.32 Å². The molecule has 6 rings (SSSR count). The lowest BCUT2D eigenvalue weighted by Crippen LogP contribution is -2.44. The maximum Gasteiger partial charge on any atom is 0.252 e. The van der Waals surface area contributed by atoms with Crippen LogP contribution in [-0.2, 0) is 17.8 Å². The first-order valence-electron chi connectivity index (χ1n) is 14.7. The van der Waals surface area contributed by atoms with Crippen LogP contribution >= 0.6 is 57.7 Å². The molecule has 1 saturated heterocycles. The molecule has 2 bridgehead atoms. The maximum absolute atomic E-state index is 14.3. The summed E-state index contributed by atoms with van der Waals surface area (Å²) in [6.45, 7) is 2.53. The van der Waals surface area contributed by atoms with E-state index in [0.717, 1.165) is 71.5 Å². The van der Waals surface area contributed by atoms with Gasteiger partial charge in [0.25, 0.3) is 5.91 Å². The minimum Gasteiger partial charge on any atom is -0.490 e. The molecule has 3 aromatic rings. The largest absolute Gasteiger partial charge is 0.490 e. The van der Waals surface area contributed by atoms with Gasteiger partial charge in [-0.2, -0.15) is 0 Å². The molecule has 2 aromatic carbocycles. The zero-order valence-corrected chi connectivity index (χ0v) is 27.6. The number of nitrogens with one attached hydrogen (secondary N) is 1. The molecule has 0 radical (unpaired) electrons. The molecule has 6 nitrogen and oxygen atoms in total. The Bertz CT molecular complexity index is 1530. The normalized spacial score (nSPS) is 20.4. The van der Waals surface area contributed by atoms with Crippen LogP contribution < -0.4 is 10.1 Å². The van der Waals surface area contributed by atoms with Gasteiger partial charge in [0.05, 0.1) is 42.7 Å². The van der Waals surface area contributed by atoms with Gasteiger partial charge in [-0.25, -0.2) is 4.98 Å². The molecule has 1 amide bonds. The predicted octanol–water partition coefficient (Wildman–Crippen LogP) is 8.29. The molecular weight excluding hydrogens is 648 g/mol. The van der Waals surface area contributed by atoms with E-state index in [1.807, 2.05) is 23.2 Å². The van der Waals surface area contributed by atoms with Crippen LogP contribution in [0.1, 0.15) is 72.6 Å². The highest BCUT2D eigenvalue weighted by atomic mass is 35.5. The van der Waals surface area contributed by atoms with Crippen molar-refractivity contribution in [3.63, 3.8) is 0 Å². The van der Waals surface area contributed by atoms with Gasteiger partial charge < -0.3 is 20.1 Å². The molecule has 1 aliphatic carbocycles. The summed E-state index contributed by atoms with van der Waals surface area (Å²) in [4.78, 5) is 22.1. The van der Waals surface area contributed by atoms with Gasteiger partial charge in [-0.15, -0.1) is 11.3 Å². The van der Waals surface area contributed by atoms with Gasteiger partial charge in [0.1, 0.15) is 0 Å². The number of rotatable bonds is 11. The Kier molecular flexibility index (Phi) is 9.60. The SMILES string of the molecule is C[C@@H](O)c1cc(Cl)c(OCCCc2ncc(C3=C(C(=O)N(Cc4cccc(Cl)c4Cl)C4CC4)[C@@H]4CC[C@H](C3)N4)s2)c(Cl)c1. The number of aryl methyl sites for hydroxylation is 1. The summed E-state index contributed by atoms with van der Waals surface area (Å²) in [6, 6.07) is 9.59. The second kappa shape index (κ2) is 13.3. The Balaban J connectivity index is 1.17. The lowest BCUT2D eigenvalue weighted by molar-refractivity contribution is -0.128. The predicted molar refractivity (Wildman–Crippen MR) is 175 cm³/mol. The Morgan fingerprint density at radius 3 is 2.63 bits per heavy atom. The Morgan fingerprint density at radius 2 is 1.91 bits per heavy atom. The average Bonchev–Trinajstić information content (AvgIpc) is 3.59. The summed E-state index contributed by atoms with van der Waals surface area (Å²) < 4.78 is 5.90. The zero-order valence-electron chi connectivity index (χ0n) is 23.7. The highest BCUT2D eigenvalue weighted by molar-refractivity contribution is 7.12. The van der Waals surface area contributed by atoms with Gasteiger partial charge in [-0.1, -0.05) is 58.5 Å². The number of hydrogen-bond donors (Lipinski definition) is 2. The molecule has 2 fully saturated rings. The van der Waals surface area contributed by atoms with Crippen molar-refractivity contribution in [1.29, 1.82) is 0 Å². The molecule has 3 aliphatic rings. The second-order valence-corrected chi connectivity index (χ2v) is 14.2. The number of carbonyl (C=O) groups excluding carboxylic acids is 1. The third-order valence-corrected chi connectivity index (χ3v) is 10.9. The van der Waals surface area contributed by atoms with Gasteiger partial charge >= 0.3 is 0 Å². The molecule has 1 aromatic heterocycles. The van der Waals surface area contributed by atoms with Crippen molar-refractivity contribution in [1.82, 2.24) is 15.2 Å². The van der Waals surface area contributed by atoms with Crippen molar-refractivity contribution < 1.29 is 14.6 Å². The van der Waals surface area contributed by atoms with Crippen LogP contribution in [0.3, 0.4) is 0 Å². The third-order valence-electron chi connectivity index (χ3n) is 8.35. The number of amides is 1. The van der Waals surface area contributed by atoms with E-state index in [1.165, 1.54) is 0 Å². The molecule has 3 heterocycles. The summed E-state index contributed by atoms with van der Waals surface area (Å²) >= 11 is 27.2. The van der Waals surface area contributed by atoms with E-state index in [4.69, 9.17) is 56.1 Å². The number of hydrogen-bond acceptors (Lipinski definition) is 6. The van der Waals surface area contributed by atoms with Crippen LogP contribution in [0.5, 0.6) is 5.75 Å². The fourth-order valence-electron chi connectivity index (χ4n) is 5.97. The standard InChI is InChI=1S/C32H33Cl4N3O3S/c1-17(40)19-12-24(34)31(25(35)13-19)42-11-3-6-28-37-15-27(43-28)22-14-20-7-10-26(38-20)29(22)32(41)39(21-8-9-21)16-18-4-2-5-23(33)30(18)36/h2,4-5,12-13,15,17,20-21,26,38,40H,3,6-11,14,16H2,1H3/t17-,20-,26+/m1/s1. The Morgan fingerprint density at radius 1 is 1.14 bits per heavy atom. The van der Waals surface area contributed by atoms with Gasteiger partial charge in [-0.05, 0) is 80.3 Å². The van der Waals surface area contributed by atoms with Gasteiger partial charge in [0, 0.05) is 42.9 Å². The minimum absolute atomic E-state index is 0.0472. The molecule has 2 N–H and O–H groups in total. The fraction of sp³-hybridized carbons (Fsp3) is 0.438. The van der Waals surface area contributed by atoms with Crippen LogP contribution in [0.15, 0.2) is 42.1 Å². The van der Waals surface area contributed by atoms with E-state index in [9.17, 15) is 9.90 Å². The molecular formula is C32H33Cl4N3O3S. The lowest BCUT2D eigenvalue weighted by Gasteiger charge is -2.31. The number of nitrogens with zero attached hydrogens (tertiary/aromatic N) is 2. The first-order valence-corrected chi connectivity index (χ1v) is 17.0. The van der Waals surface area contributed by atoms with Crippen LogP contribution in [-0.4, -0.2) is 45.6 Å². The first-order chi connectivity index (χ1) is 20.7.